The normalized spacial score (nSPS) is 24.7. The van der Waals surface area contributed by atoms with Crippen molar-refractivity contribution >= 4 is 11.9 Å². The summed E-state index contributed by atoms with van der Waals surface area (Å²) >= 11 is 0. The van der Waals surface area contributed by atoms with Gasteiger partial charge in [0.15, 0.2) is 6.23 Å². The maximum atomic E-state index is 11.5. The predicted octanol–water partition coefficient (Wildman–Crippen LogP) is -1.04. The van der Waals surface area contributed by atoms with Crippen LogP contribution in [0.4, 0.5) is 4.79 Å². The third-order valence-electron chi connectivity index (χ3n) is 2.06. The minimum absolute atomic E-state index is 0.588. The monoisotopic (exact) mass is 212 g/mol. The number of rotatable bonds is 4. The Labute approximate surface area is 86.5 Å². The zero-order valence-electron chi connectivity index (χ0n) is 7.96. The summed E-state index contributed by atoms with van der Waals surface area (Å²) in [5.74, 6) is -0.709. The first kappa shape index (κ1) is 11.4. The third kappa shape index (κ3) is 1.90. The van der Waals surface area contributed by atoms with Gasteiger partial charge in [0.25, 0.3) is 5.91 Å². The molecule has 0 spiro atoms. The Hall–Kier alpha value is -1.66. The molecule has 1 fully saturated rings. The minimum atomic E-state index is -1.39. The van der Waals surface area contributed by atoms with Crippen molar-refractivity contribution in [1.82, 2.24) is 10.2 Å². The van der Waals surface area contributed by atoms with Crippen LogP contribution >= 0.6 is 0 Å². The summed E-state index contributed by atoms with van der Waals surface area (Å²) < 4.78 is 0. The maximum Gasteiger partial charge on any atom is 0.327 e. The first-order valence-electron chi connectivity index (χ1n) is 4.27. The standard InChI is InChI=1S/C9H12N2O4/c1-3-5(12)7-8(14)11(6(13)4-2)9(15)10-7/h3-7,12-13H,1-2H2,(H,10,15). The van der Waals surface area contributed by atoms with Crippen molar-refractivity contribution in [2.45, 2.75) is 18.4 Å². The van der Waals surface area contributed by atoms with E-state index in [-0.39, 0.29) is 0 Å². The van der Waals surface area contributed by atoms with Gasteiger partial charge in [-0.3, -0.25) is 4.79 Å². The van der Waals surface area contributed by atoms with Gasteiger partial charge >= 0.3 is 6.03 Å². The van der Waals surface area contributed by atoms with Crippen LogP contribution in [-0.2, 0) is 4.79 Å². The van der Waals surface area contributed by atoms with E-state index in [0.717, 1.165) is 12.2 Å². The van der Waals surface area contributed by atoms with E-state index in [9.17, 15) is 19.8 Å². The topological polar surface area (TPSA) is 89.9 Å². The lowest BCUT2D eigenvalue weighted by Crippen LogP contribution is -2.42. The van der Waals surface area contributed by atoms with Crippen LogP contribution in [0.15, 0.2) is 25.3 Å². The molecule has 1 heterocycles. The maximum absolute atomic E-state index is 11.5. The van der Waals surface area contributed by atoms with Crippen LogP contribution in [0.2, 0.25) is 0 Å². The van der Waals surface area contributed by atoms with Gasteiger partial charge in [-0.05, 0) is 6.08 Å². The molecule has 1 aliphatic heterocycles. The predicted molar refractivity (Wildman–Crippen MR) is 51.6 cm³/mol. The molecule has 6 nitrogen and oxygen atoms in total. The van der Waals surface area contributed by atoms with Crippen molar-refractivity contribution in [3.63, 3.8) is 0 Å². The second-order valence-electron chi connectivity index (χ2n) is 3.01. The van der Waals surface area contributed by atoms with Gasteiger partial charge in [0.05, 0.1) is 0 Å². The highest BCUT2D eigenvalue weighted by molar-refractivity contribution is 6.05. The molecule has 3 N–H and O–H groups in total. The Bertz CT molecular complexity index is 315. The molecule has 0 aliphatic carbocycles. The average molecular weight is 212 g/mol. The molecule has 3 amide bonds. The number of nitrogens with zero attached hydrogens (tertiary/aromatic N) is 1. The summed E-state index contributed by atoms with van der Waals surface area (Å²) in [5, 5.41) is 20.8. The number of hydrogen-bond acceptors (Lipinski definition) is 4. The van der Waals surface area contributed by atoms with Gasteiger partial charge in [0, 0.05) is 0 Å². The molecule has 0 saturated carbocycles. The van der Waals surface area contributed by atoms with Crippen molar-refractivity contribution in [1.29, 1.82) is 0 Å². The van der Waals surface area contributed by atoms with E-state index in [1.54, 1.807) is 0 Å². The van der Waals surface area contributed by atoms with E-state index < -0.39 is 30.3 Å². The first-order valence-corrected chi connectivity index (χ1v) is 4.27. The second kappa shape index (κ2) is 4.24. The molecular weight excluding hydrogens is 200 g/mol. The first-order chi connectivity index (χ1) is 7.02. The number of carbonyl (C=O) groups excluding carboxylic acids is 2. The molecular formula is C9H12N2O4. The molecule has 0 aromatic carbocycles. The Kier molecular flexibility index (Phi) is 3.23. The largest absolute Gasteiger partial charge is 0.386 e. The molecule has 1 aliphatic rings. The van der Waals surface area contributed by atoms with Gasteiger partial charge in [-0.1, -0.05) is 12.7 Å². The highest BCUT2D eigenvalue weighted by Gasteiger charge is 2.43. The average Bonchev–Trinajstić information content (AvgIpc) is 2.52. The van der Waals surface area contributed by atoms with Crippen molar-refractivity contribution in [3.8, 4) is 0 Å². The molecule has 15 heavy (non-hydrogen) atoms. The van der Waals surface area contributed by atoms with E-state index in [4.69, 9.17) is 0 Å². The lowest BCUT2D eigenvalue weighted by atomic mass is 10.1. The molecule has 0 aromatic heterocycles. The summed E-state index contributed by atoms with van der Waals surface area (Å²) in [6.45, 7) is 6.56. The molecule has 3 atom stereocenters. The van der Waals surface area contributed by atoms with Crippen molar-refractivity contribution in [2.24, 2.45) is 0 Å². The van der Waals surface area contributed by atoms with Crippen LogP contribution in [0.25, 0.3) is 0 Å². The van der Waals surface area contributed by atoms with Gasteiger partial charge in [-0.15, -0.1) is 6.58 Å². The Morgan fingerprint density at radius 3 is 2.40 bits per heavy atom. The fraction of sp³-hybridized carbons (Fsp3) is 0.333. The Balaban J connectivity index is 2.88. The molecule has 82 valence electrons. The fourth-order valence-corrected chi connectivity index (χ4v) is 1.24. The van der Waals surface area contributed by atoms with Crippen LogP contribution in [0.3, 0.4) is 0 Å². The molecule has 1 saturated heterocycles. The second-order valence-corrected chi connectivity index (χ2v) is 3.01. The smallest absolute Gasteiger partial charge is 0.327 e. The Morgan fingerprint density at radius 1 is 1.33 bits per heavy atom. The van der Waals surface area contributed by atoms with Gasteiger partial charge < -0.3 is 15.5 Å². The summed E-state index contributed by atoms with van der Waals surface area (Å²) in [6.07, 6.45) is -0.393. The van der Waals surface area contributed by atoms with E-state index in [1.807, 2.05) is 0 Å². The van der Waals surface area contributed by atoms with Crippen LogP contribution < -0.4 is 5.32 Å². The number of aliphatic hydroxyl groups excluding tert-OH is 2. The highest BCUT2D eigenvalue weighted by atomic mass is 16.3. The fourth-order valence-electron chi connectivity index (χ4n) is 1.24. The minimum Gasteiger partial charge on any atom is -0.386 e. The van der Waals surface area contributed by atoms with Crippen molar-refractivity contribution < 1.29 is 19.8 Å². The summed E-state index contributed by atoms with van der Waals surface area (Å²) in [4.78, 5) is 23.4. The molecule has 1 rings (SSSR count). The van der Waals surface area contributed by atoms with Crippen LogP contribution in [-0.4, -0.2) is 45.4 Å². The van der Waals surface area contributed by atoms with E-state index in [1.165, 1.54) is 0 Å². The molecule has 0 radical (unpaired) electrons. The van der Waals surface area contributed by atoms with Crippen LogP contribution in [0.1, 0.15) is 0 Å². The molecule has 3 unspecified atom stereocenters. The number of nitrogens with one attached hydrogen (secondary N) is 1. The van der Waals surface area contributed by atoms with Gasteiger partial charge in [-0.25, -0.2) is 9.69 Å². The number of aliphatic hydroxyl groups is 2. The number of amides is 3. The Morgan fingerprint density at radius 2 is 1.93 bits per heavy atom. The number of urea groups is 1. The molecule has 0 bridgehead atoms. The zero-order valence-corrected chi connectivity index (χ0v) is 7.96. The third-order valence-corrected chi connectivity index (χ3v) is 2.06. The van der Waals surface area contributed by atoms with Crippen molar-refractivity contribution in [3.05, 3.63) is 25.3 Å². The lowest BCUT2D eigenvalue weighted by molar-refractivity contribution is -0.133. The van der Waals surface area contributed by atoms with Crippen LogP contribution in [0.5, 0.6) is 0 Å². The van der Waals surface area contributed by atoms with E-state index in [2.05, 4.69) is 18.5 Å². The summed E-state index contributed by atoms with van der Waals surface area (Å²) in [5.41, 5.74) is 0. The van der Waals surface area contributed by atoms with Crippen molar-refractivity contribution in [2.75, 3.05) is 0 Å². The zero-order chi connectivity index (χ0) is 11.6. The van der Waals surface area contributed by atoms with Gasteiger partial charge in [0.1, 0.15) is 12.1 Å². The SMILES string of the molecule is C=CC(O)C1NC(=O)N(C(O)C=C)C1=O. The van der Waals surface area contributed by atoms with Crippen LogP contribution in [0, 0.1) is 0 Å². The summed E-state index contributed by atoms with van der Waals surface area (Å²) in [6, 6.07) is -1.86. The highest BCUT2D eigenvalue weighted by Crippen LogP contribution is 2.13. The quantitative estimate of drug-likeness (QED) is 0.410. The summed E-state index contributed by atoms with van der Waals surface area (Å²) in [7, 11) is 0. The van der Waals surface area contributed by atoms with Gasteiger partial charge in [0.2, 0.25) is 0 Å². The molecule has 6 heteroatoms. The lowest BCUT2D eigenvalue weighted by Gasteiger charge is -2.17. The van der Waals surface area contributed by atoms with Gasteiger partial charge in [-0.2, -0.15) is 0 Å². The number of hydrogen-bond donors (Lipinski definition) is 3. The molecule has 0 aromatic rings. The van der Waals surface area contributed by atoms with E-state index >= 15 is 0 Å². The number of carbonyl (C=O) groups is 2. The van der Waals surface area contributed by atoms with E-state index in [0.29, 0.717) is 4.90 Å². The number of imide groups is 1.